The van der Waals surface area contributed by atoms with Gasteiger partial charge in [-0.1, -0.05) is 70.0 Å². The second-order valence-electron chi connectivity index (χ2n) is 5.08. The molecule has 0 spiro atoms. The molecule has 2 aromatic carbocycles. The molecule has 1 aliphatic carbocycles. The van der Waals surface area contributed by atoms with E-state index in [1.807, 2.05) is 0 Å². The summed E-state index contributed by atoms with van der Waals surface area (Å²) in [7, 11) is 0. The molecule has 0 N–H and O–H groups in total. The highest BCUT2D eigenvalue weighted by Gasteiger charge is 2.21. The quantitative estimate of drug-likeness (QED) is 0.659. The Morgan fingerprint density at radius 3 is 2.53 bits per heavy atom. The van der Waals surface area contributed by atoms with E-state index in [1.165, 1.54) is 33.4 Å². The van der Waals surface area contributed by atoms with Crippen molar-refractivity contribution in [1.29, 1.82) is 0 Å². The van der Waals surface area contributed by atoms with Crippen molar-refractivity contribution in [2.24, 2.45) is 0 Å². The molecule has 0 unspecified atom stereocenters. The summed E-state index contributed by atoms with van der Waals surface area (Å²) >= 11 is 3.59. The van der Waals surface area contributed by atoms with Gasteiger partial charge >= 0.3 is 0 Å². The molecule has 1 heteroatoms. The van der Waals surface area contributed by atoms with E-state index in [2.05, 4.69) is 71.4 Å². The van der Waals surface area contributed by atoms with E-state index in [4.69, 9.17) is 0 Å². The summed E-state index contributed by atoms with van der Waals surface area (Å²) in [6.45, 7) is 2.27. The van der Waals surface area contributed by atoms with Gasteiger partial charge in [0.05, 0.1) is 0 Å². The molecule has 2 aromatic rings. The first-order chi connectivity index (χ1) is 9.31. The van der Waals surface area contributed by atoms with Gasteiger partial charge in [0.15, 0.2) is 0 Å². The number of hydrogen-bond acceptors (Lipinski definition) is 0. The molecular weight excluding hydrogens is 296 g/mol. The first-order valence-corrected chi connectivity index (χ1v) is 7.85. The SMILES string of the molecule is CC1=C(CCBr)c2c(cccc2-c2ccccc2)C1. The third kappa shape index (κ3) is 2.28. The van der Waals surface area contributed by atoms with Crippen LogP contribution in [0.25, 0.3) is 16.7 Å². The van der Waals surface area contributed by atoms with Gasteiger partial charge < -0.3 is 0 Å². The molecule has 0 amide bonds. The van der Waals surface area contributed by atoms with Crippen molar-refractivity contribution in [2.45, 2.75) is 19.8 Å². The summed E-state index contributed by atoms with van der Waals surface area (Å²) in [6.07, 6.45) is 2.22. The van der Waals surface area contributed by atoms with Crippen LogP contribution in [0, 0.1) is 0 Å². The van der Waals surface area contributed by atoms with Gasteiger partial charge in [-0.3, -0.25) is 0 Å². The van der Waals surface area contributed by atoms with Gasteiger partial charge in [-0.05, 0) is 47.6 Å². The minimum atomic E-state index is 1.03. The van der Waals surface area contributed by atoms with Gasteiger partial charge in [-0.2, -0.15) is 0 Å². The second kappa shape index (κ2) is 5.34. The fourth-order valence-electron chi connectivity index (χ4n) is 3.00. The molecule has 96 valence electrons. The third-order valence-electron chi connectivity index (χ3n) is 3.85. The maximum Gasteiger partial charge on any atom is 0.00720 e. The number of alkyl halides is 1. The van der Waals surface area contributed by atoms with Crippen LogP contribution >= 0.6 is 15.9 Å². The molecule has 0 saturated heterocycles. The van der Waals surface area contributed by atoms with Gasteiger partial charge in [0.2, 0.25) is 0 Å². The lowest BCUT2D eigenvalue weighted by Gasteiger charge is -2.12. The Balaban J connectivity index is 2.17. The summed E-state index contributed by atoms with van der Waals surface area (Å²) in [5, 5.41) is 1.03. The van der Waals surface area contributed by atoms with Crippen LogP contribution in [0.1, 0.15) is 24.5 Å². The van der Waals surface area contributed by atoms with Crippen molar-refractivity contribution in [2.75, 3.05) is 5.33 Å². The lowest BCUT2D eigenvalue weighted by atomic mass is 9.93. The van der Waals surface area contributed by atoms with Crippen LogP contribution in [0.5, 0.6) is 0 Å². The molecule has 0 saturated carbocycles. The van der Waals surface area contributed by atoms with E-state index in [0.29, 0.717) is 0 Å². The predicted octanol–water partition coefficient (Wildman–Crippen LogP) is 5.47. The fourth-order valence-corrected chi connectivity index (χ4v) is 3.40. The van der Waals surface area contributed by atoms with E-state index in [0.717, 1.165) is 18.2 Å². The van der Waals surface area contributed by atoms with E-state index in [1.54, 1.807) is 0 Å². The maximum absolute atomic E-state index is 3.59. The Morgan fingerprint density at radius 1 is 1.00 bits per heavy atom. The van der Waals surface area contributed by atoms with Gasteiger partial charge in [0.1, 0.15) is 0 Å². The van der Waals surface area contributed by atoms with Gasteiger partial charge in [0.25, 0.3) is 0 Å². The molecular formula is C18H17Br. The number of benzene rings is 2. The number of fused-ring (bicyclic) bond motifs is 1. The van der Waals surface area contributed by atoms with E-state index < -0.39 is 0 Å². The second-order valence-corrected chi connectivity index (χ2v) is 5.87. The zero-order chi connectivity index (χ0) is 13.2. The summed E-state index contributed by atoms with van der Waals surface area (Å²) in [6, 6.07) is 17.4. The average molecular weight is 313 g/mol. The monoisotopic (exact) mass is 312 g/mol. The molecule has 19 heavy (non-hydrogen) atoms. The third-order valence-corrected chi connectivity index (χ3v) is 4.25. The molecule has 0 radical (unpaired) electrons. The van der Waals surface area contributed by atoms with Crippen LogP contribution in [0.3, 0.4) is 0 Å². The topological polar surface area (TPSA) is 0 Å². The molecule has 1 aliphatic rings. The van der Waals surface area contributed by atoms with Crippen molar-refractivity contribution in [3.8, 4) is 11.1 Å². The fraction of sp³-hybridized carbons (Fsp3) is 0.222. The van der Waals surface area contributed by atoms with Crippen LogP contribution in [-0.2, 0) is 6.42 Å². The predicted molar refractivity (Wildman–Crippen MR) is 86.6 cm³/mol. The van der Waals surface area contributed by atoms with E-state index >= 15 is 0 Å². The first-order valence-electron chi connectivity index (χ1n) is 6.73. The summed E-state index contributed by atoms with van der Waals surface area (Å²) in [4.78, 5) is 0. The minimum absolute atomic E-state index is 1.03. The standard InChI is InChI=1S/C18H17Br/c1-13-12-15-8-5-9-17(14-6-3-2-4-7-14)18(15)16(13)10-11-19/h2-9H,10-12H2,1H3. The van der Waals surface area contributed by atoms with Gasteiger partial charge in [-0.25, -0.2) is 0 Å². The summed E-state index contributed by atoms with van der Waals surface area (Å²) in [5.74, 6) is 0. The Bertz CT molecular complexity index is 623. The lowest BCUT2D eigenvalue weighted by molar-refractivity contribution is 1.18. The van der Waals surface area contributed by atoms with Gasteiger partial charge in [-0.15, -0.1) is 0 Å². The molecule has 0 aromatic heterocycles. The first kappa shape index (κ1) is 12.7. The minimum Gasteiger partial charge on any atom is -0.0924 e. The molecule has 0 bridgehead atoms. The van der Waals surface area contributed by atoms with E-state index in [9.17, 15) is 0 Å². The average Bonchev–Trinajstić information content (AvgIpc) is 2.76. The zero-order valence-electron chi connectivity index (χ0n) is 11.1. The zero-order valence-corrected chi connectivity index (χ0v) is 12.7. The molecule has 0 aliphatic heterocycles. The van der Waals surface area contributed by atoms with Crippen molar-refractivity contribution in [1.82, 2.24) is 0 Å². The Kier molecular flexibility index (Phi) is 3.56. The smallest absolute Gasteiger partial charge is 0.00720 e. The van der Waals surface area contributed by atoms with Crippen molar-refractivity contribution < 1.29 is 0 Å². The number of hydrogen-bond donors (Lipinski definition) is 0. The molecule has 3 rings (SSSR count). The van der Waals surface area contributed by atoms with Crippen molar-refractivity contribution >= 4 is 21.5 Å². The molecule has 0 heterocycles. The highest BCUT2D eigenvalue weighted by Crippen LogP contribution is 2.41. The number of allylic oxidation sites excluding steroid dienone is 2. The molecule has 0 fully saturated rings. The largest absolute Gasteiger partial charge is 0.0924 e. The Morgan fingerprint density at radius 2 is 1.79 bits per heavy atom. The summed E-state index contributed by atoms with van der Waals surface area (Å²) < 4.78 is 0. The van der Waals surface area contributed by atoms with Crippen LogP contribution in [0.4, 0.5) is 0 Å². The van der Waals surface area contributed by atoms with Crippen molar-refractivity contribution in [3.05, 3.63) is 65.2 Å². The normalized spacial score (nSPS) is 13.8. The van der Waals surface area contributed by atoms with Crippen molar-refractivity contribution in [3.63, 3.8) is 0 Å². The highest BCUT2D eigenvalue weighted by molar-refractivity contribution is 9.09. The maximum atomic E-state index is 3.59. The van der Waals surface area contributed by atoms with Crippen LogP contribution in [0.15, 0.2) is 54.1 Å². The highest BCUT2D eigenvalue weighted by atomic mass is 79.9. The summed E-state index contributed by atoms with van der Waals surface area (Å²) in [5.41, 5.74) is 8.72. The number of rotatable bonds is 3. The lowest BCUT2D eigenvalue weighted by Crippen LogP contribution is -1.91. The van der Waals surface area contributed by atoms with Gasteiger partial charge in [0, 0.05) is 5.33 Å². The Labute approximate surface area is 123 Å². The molecule has 0 nitrogen and oxygen atoms in total. The number of halogens is 1. The van der Waals surface area contributed by atoms with Crippen LogP contribution in [-0.4, -0.2) is 5.33 Å². The van der Waals surface area contributed by atoms with Crippen LogP contribution in [0.2, 0.25) is 0 Å². The van der Waals surface area contributed by atoms with Crippen LogP contribution < -0.4 is 0 Å². The molecule has 0 atom stereocenters. The Hall–Kier alpha value is -1.34. The van der Waals surface area contributed by atoms with E-state index in [-0.39, 0.29) is 0 Å².